The van der Waals surface area contributed by atoms with Crippen molar-refractivity contribution in [3.63, 3.8) is 0 Å². The van der Waals surface area contributed by atoms with Gasteiger partial charge in [-0.05, 0) is 19.4 Å². The molecule has 13 heteroatoms. The smallest absolute Gasteiger partial charge is 0.306 e. The third kappa shape index (κ3) is 3.33. The molecule has 164 valence electrons. The number of hydrogen-bond acceptors (Lipinski definition) is 5. The van der Waals surface area contributed by atoms with Crippen molar-refractivity contribution in [2.24, 2.45) is 0 Å². The van der Waals surface area contributed by atoms with E-state index in [0.717, 1.165) is 28.6 Å². The Hall–Kier alpha value is -3.38. The highest BCUT2D eigenvalue weighted by Crippen LogP contribution is 2.49. The van der Waals surface area contributed by atoms with Crippen LogP contribution in [0.5, 0.6) is 0 Å². The van der Waals surface area contributed by atoms with Crippen LogP contribution in [0.15, 0.2) is 24.5 Å². The third-order valence-corrected chi connectivity index (χ3v) is 5.18. The van der Waals surface area contributed by atoms with Gasteiger partial charge < -0.3 is 5.32 Å². The van der Waals surface area contributed by atoms with Gasteiger partial charge in [0.05, 0.1) is 35.2 Å². The highest BCUT2D eigenvalue weighted by molar-refractivity contribution is 6.03. The van der Waals surface area contributed by atoms with Gasteiger partial charge in [0.25, 0.3) is 6.43 Å². The Morgan fingerprint density at radius 2 is 2.03 bits per heavy atom. The van der Waals surface area contributed by atoms with E-state index in [1.54, 1.807) is 13.0 Å². The van der Waals surface area contributed by atoms with Gasteiger partial charge in [0.1, 0.15) is 11.1 Å². The van der Waals surface area contributed by atoms with Gasteiger partial charge in [-0.3, -0.25) is 4.90 Å². The maximum atomic E-state index is 14.1. The van der Waals surface area contributed by atoms with Gasteiger partial charge in [0.2, 0.25) is 0 Å². The van der Waals surface area contributed by atoms with Gasteiger partial charge in [0.15, 0.2) is 5.65 Å². The molecule has 3 aromatic heterocycles. The number of urea groups is 1. The number of carbonyl (C=O) groups excluding carboxylic acids is 1. The molecule has 0 fully saturated rings. The van der Waals surface area contributed by atoms with Crippen molar-refractivity contribution in [3.05, 3.63) is 41.6 Å². The van der Waals surface area contributed by atoms with E-state index < -0.39 is 36.3 Å². The van der Waals surface area contributed by atoms with Crippen molar-refractivity contribution >= 4 is 23.1 Å². The summed E-state index contributed by atoms with van der Waals surface area (Å²) >= 11 is 0. The van der Waals surface area contributed by atoms with Crippen LogP contribution in [0.25, 0.3) is 5.65 Å². The van der Waals surface area contributed by atoms with E-state index in [1.165, 1.54) is 6.20 Å². The average molecular weight is 441 g/mol. The lowest BCUT2D eigenvalue weighted by molar-refractivity contribution is -0.181. The van der Waals surface area contributed by atoms with E-state index in [1.807, 2.05) is 0 Å². The van der Waals surface area contributed by atoms with E-state index in [4.69, 9.17) is 0 Å². The standard InChI is InChI=1S/C18H16F5N7O/c1-3-9-5-13-24-7-12-14(30(13)28-9)17(2,18(21,22)23)8-29(12)16(31)26-10-4-11(15(19)20)27-25-6-10/h4-7,15H,3,8H2,1-2H3,(H,26,27,31)/t17-/m1/s1. The van der Waals surface area contributed by atoms with Crippen molar-refractivity contribution in [3.8, 4) is 0 Å². The highest BCUT2D eigenvalue weighted by Gasteiger charge is 2.60. The van der Waals surface area contributed by atoms with Gasteiger partial charge in [-0.1, -0.05) is 6.92 Å². The summed E-state index contributed by atoms with van der Waals surface area (Å²) in [5.74, 6) is 0. The minimum absolute atomic E-state index is 0.0772. The molecule has 4 heterocycles. The SMILES string of the molecule is CCc1cc2ncc3c(n2n1)[C@](C)(C(F)(F)F)CN3C(=O)Nc1cnnc(C(F)F)c1. The summed E-state index contributed by atoms with van der Waals surface area (Å²) in [7, 11) is 0. The first kappa shape index (κ1) is 20.9. The summed E-state index contributed by atoms with van der Waals surface area (Å²) in [4.78, 5) is 17.8. The number of carbonyl (C=O) groups is 1. The topological polar surface area (TPSA) is 88.3 Å². The molecule has 0 spiro atoms. The molecule has 0 radical (unpaired) electrons. The second-order valence-electron chi connectivity index (χ2n) is 7.27. The number of nitrogens with zero attached hydrogens (tertiary/aromatic N) is 6. The molecule has 0 bridgehead atoms. The van der Waals surface area contributed by atoms with E-state index in [-0.39, 0.29) is 22.7 Å². The molecule has 31 heavy (non-hydrogen) atoms. The van der Waals surface area contributed by atoms with Crippen molar-refractivity contribution in [1.29, 1.82) is 0 Å². The number of hydrogen-bond donors (Lipinski definition) is 1. The molecule has 2 amide bonds. The van der Waals surface area contributed by atoms with Gasteiger partial charge >= 0.3 is 12.2 Å². The number of rotatable bonds is 3. The monoisotopic (exact) mass is 441 g/mol. The second-order valence-corrected chi connectivity index (χ2v) is 7.27. The number of nitrogens with one attached hydrogen (secondary N) is 1. The molecule has 1 aliphatic heterocycles. The van der Waals surface area contributed by atoms with Gasteiger partial charge in [-0.25, -0.2) is 23.1 Å². The Morgan fingerprint density at radius 3 is 2.68 bits per heavy atom. The number of fused-ring (bicyclic) bond motifs is 3. The molecule has 0 aromatic carbocycles. The molecule has 1 N–H and O–H groups in total. The normalized spacial score (nSPS) is 18.6. The largest absolute Gasteiger partial charge is 0.401 e. The van der Waals surface area contributed by atoms with E-state index in [2.05, 4.69) is 25.6 Å². The zero-order valence-corrected chi connectivity index (χ0v) is 16.3. The fourth-order valence-corrected chi connectivity index (χ4v) is 3.49. The number of amides is 2. The summed E-state index contributed by atoms with van der Waals surface area (Å²) in [6.07, 6.45) is -4.93. The number of halogens is 5. The van der Waals surface area contributed by atoms with Crippen molar-refractivity contribution in [2.75, 3.05) is 16.8 Å². The highest BCUT2D eigenvalue weighted by atomic mass is 19.4. The van der Waals surface area contributed by atoms with E-state index >= 15 is 0 Å². The van der Waals surface area contributed by atoms with Crippen LogP contribution < -0.4 is 10.2 Å². The van der Waals surface area contributed by atoms with Crippen LogP contribution in [0.2, 0.25) is 0 Å². The van der Waals surface area contributed by atoms with E-state index in [0.29, 0.717) is 12.1 Å². The summed E-state index contributed by atoms with van der Waals surface area (Å²) in [6, 6.07) is 1.53. The first-order valence-corrected chi connectivity index (χ1v) is 9.19. The zero-order chi connectivity index (χ0) is 22.6. The fraction of sp³-hybridized carbons (Fsp3) is 0.389. The Kier molecular flexibility index (Phi) is 4.78. The molecular formula is C18H16F5N7O. The fourth-order valence-electron chi connectivity index (χ4n) is 3.49. The molecule has 0 unspecified atom stereocenters. The predicted octanol–water partition coefficient (Wildman–Crippen LogP) is 3.89. The number of aryl methyl sites for hydroxylation is 1. The van der Waals surface area contributed by atoms with Crippen LogP contribution in [-0.4, -0.2) is 43.5 Å². The number of anilines is 2. The molecular weight excluding hydrogens is 425 g/mol. The Bertz CT molecular complexity index is 1160. The van der Waals surface area contributed by atoms with E-state index in [9.17, 15) is 26.7 Å². The Labute approximate surface area is 172 Å². The van der Waals surface area contributed by atoms with Crippen LogP contribution in [0.3, 0.4) is 0 Å². The Morgan fingerprint density at radius 1 is 1.29 bits per heavy atom. The molecule has 1 atom stereocenters. The first-order valence-electron chi connectivity index (χ1n) is 9.19. The lowest BCUT2D eigenvalue weighted by Gasteiger charge is -2.28. The van der Waals surface area contributed by atoms with Gasteiger partial charge in [-0.2, -0.15) is 23.4 Å². The average Bonchev–Trinajstić information content (AvgIpc) is 3.27. The Balaban J connectivity index is 1.78. The maximum absolute atomic E-state index is 14.1. The second kappa shape index (κ2) is 7.10. The summed E-state index contributed by atoms with van der Waals surface area (Å²) < 4.78 is 69.1. The molecule has 1 aliphatic rings. The van der Waals surface area contributed by atoms with Crippen LogP contribution in [0, 0.1) is 0 Å². The third-order valence-electron chi connectivity index (χ3n) is 5.18. The summed E-state index contributed by atoms with van der Waals surface area (Å²) in [6.45, 7) is 2.05. The lowest BCUT2D eigenvalue weighted by Crippen LogP contribution is -2.46. The van der Waals surface area contributed by atoms with Gasteiger partial charge in [-0.15, -0.1) is 5.10 Å². The number of aromatic nitrogens is 5. The summed E-state index contributed by atoms with van der Waals surface area (Å²) in [5, 5.41) is 13.1. The summed E-state index contributed by atoms with van der Waals surface area (Å²) in [5.41, 5.74) is -2.75. The predicted molar refractivity (Wildman–Crippen MR) is 99.1 cm³/mol. The number of alkyl halides is 5. The maximum Gasteiger partial charge on any atom is 0.401 e. The van der Waals surface area contributed by atoms with Gasteiger partial charge in [0, 0.05) is 12.6 Å². The van der Waals surface area contributed by atoms with Crippen LogP contribution >= 0.6 is 0 Å². The van der Waals surface area contributed by atoms with Crippen LogP contribution in [0.1, 0.15) is 37.4 Å². The minimum atomic E-state index is -4.70. The van der Waals surface area contributed by atoms with Crippen LogP contribution in [-0.2, 0) is 11.8 Å². The molecule has 0 saturated heterocycles. The van der Waals surface area contributed by atoms with Crippen molar-refractivity contribution in [1.82, 2.24) is 24.8 Å². The molecule has 0 aliphatic carbocycles. The zero-order valence-electron chi connectivity index (χ0n) is 16.3. The van der Waals surface area contributed by atoms with Crippen molar-refractivity contribution in [2.45, 2.75) is 38.3 Å². The molecule has 0 saturated carbocycles. The lowest BCUT2D eigenvalue weighted by atomic mass is 9.88. The molecule has 4 rings (SSSR count). The quantitative estimate of drug-likeness (QED) is 0.623. The minimum Gasteiger partial charge on any atom is -0.306 e. The molecule has 8 nitrogen and oxygen atoms in total. The molecule has 3 aromatic rings. The van der Waals surface area contributed by atoms with Crippen LogP contribution in [0.4, 0.5) is 38.1 Å². The first-order chi connectivity index (χ1) is 14.5. The van der Waals surface area contributed by atoms with Crippen molar-refractivity contribution < 1.29 is 26.7 Å².